The highest BCUT2D eigenvalue weighted by atomic mass is 19.4. The van der Waals surface area contributed by atoms with Gasteiger partial charge in [-0.1, -0.05) is 19.4 Å². The van der Waals surface area contributed by atoms with Gasteiger partial charge in [0, 0.05) is 32.3 Å². The number of hydrogen-bond donors (Lipinski definition) is 0. The fraction of sp³-hybridized carbons (Fsp3) is 0.542. The molecular formula is C24H31F3N6O3. The molecule has 9 nitrogen and oxygen atoms in total. The summed E-state index contributed by atoms with van der Waals surface area (Å²) in [4.78, 5) is 29.4. The molecule has 1 aliphatic heterocycles. The Morgan fingerprint density at radius 2 is 1.97 bits per heavy atom. The third kappa shape index (κ3) is 7.28. The molecule has 0 saturated carbocycles. The second-order valence-electron chi connectivity index (χ2n) is 8.75. The van der Waals surface area contributed by atoms with Gasteiger partial charge in [-0.25, -0.2) is 4.79 Å². The van der Waals surface area contributed by atoms with Gasteiger partial charge >= 0.3 is 12.3 Å². The van der Waals surface area contributed by atoms with Crippen molar-refractivity contribution in [3.63, 3.8) is 0 Å². The van der Waals surface area contributed by atoms with Crippen LogP contribution in [0.5, 0.6) is 0 Å². The van der Waals surface area contributed by atoms with Crippen molar-refractivity contribution in [3.05, 3.63) is 46.8 Å². The molecule has 1 aliphatic rings. The summed E-state index contributed by atoms with van der Waals surface area (Å²) < 4.78 is 45.0. The largest absolute Gasteiger partial charge is 0.449 e. The first-order valence-electron chi connectivity index (χ1n) is 11.9. The van der Waals surface area contributed by atoms with Crippen LogP contribution in [0.2, 0.25) is 0 Å². The van der Waals surface area contributed by atoms with Crippen molar-refractivity contribution in [2.45, 2.75) is 58.3 Å². The quantitative estimate of drug-likeness (QED) is 0.396. The van der Waals surface area contributed by atoms with Crippen LogP contribution < -0.4 is 0 Å². The number of tetrazole rings is 1. The number of aromatic nitrogens is 4. The lowest BCUT2D eigenvalue weighted by atomic mass is 10.0. The number of benzene rings is 1. The number of aryl methyl sites for hydroxylation is 1. The van der Waals surface area contributed by atoms with Gasteiger partial charge in [0.05, 0.1) is 18.7 Å². The van der Waals surface area contributed by atoms with Crippen LogP contribution in [-0.4, -0.2) is 74.8 Å². The number of hydrogen-bond acceptors (Lipinski definition) is 6. The van der Waals surface area contributed by atoms with E-state index in [2.05, 4.69) is 15.4 Å². The number of alkyl halides is 3. The van der Waals surface area contributed by atoms with Gasteiger partial charge in [-0.2, -0.15) is 18.0 Å². The topological polar surface area (TPSA) is 93.5 Å². The fourth-order valence-corrected chi connectivity index (χ4v) is 3.92. The highest BCUT2D eigenvalue weighted by molar-refractivity contribution is 5.92. The zero-order valence-corrected chi connectivity index (χ0v) is 20.7. The summed E-state index contributed by atoms with van der Waals surface area (Å²) in [6.07, 6.45) is 0.979. The van der Waals surface area contributed by atoms with Crippen LogP contribution in [0.4, 0.5) is 18.0 Å². The van der Waals surface area contributed by atoms with E-state index >= 15 is 0 Å². The van der Waals surface area contributed by atoms with Gasteiger partial charge in [0.2, 0.25) is 5.91 Å². The fourth-order valence-electron chi connectivity index (χ4n) is 3.92. The second kappa shape index (κ2) is 12.0. The molecule has 0 bridgehead atoms. The molecule has 196 valence electrons. The molecule has 2 aromatic rings. The molecule has 0 spiro atoms. The summed E-state index contributed by atoms with van der Waals surface area (Å²) in [5.74, 6) is 0.153. The lowest BCUT2D eigenvalue weighted by Gasteiger charge is -2.35. The molecule has 1 aromatic heterocycles. The molecule has 0 unspecified atom stereocenters. The first kappa shape index (κ1) is 27.2. The minimum absolute atomic E-state index is 0.0210. The average molecular weight is 509 g/mol. The predicted molar refractivity (Wildman–Crippen MR) is 126 cm³/mol. The van der Waals surface area contributed by atoms with Gasteiger partial charge in [-0.05, 0) is 60.7 Å². The van der Waals surface area contributed by atoms with E-state index in [1.165, 1.54) is 23.0 Å². The summed E-state index contributed by atoms with van der Waals surface area (Å²) in [6, 6.07) is 3.32. The monoisotopic (exact) mass is 508 g/mol. The van der Waals surface area contributed by atoms with E-state index in [4.69, 9.17) is 4.74 Å². The van der Waals surface area contributed by atoms with Gasteiger partial charge in [0.15, 0.2) is 5.82 Å². The van der Waals surface area contributed by atoms with E-state index < -0.39 is 11.7 Å². The SMILES string of the molecule is CCCCOC(=O)N(C)C1CCN(C(=O)C=Cc2ccc(C(F)(F)F)cc2Cn2nnc(C)n2)CC1. The Kier molecular flexibility index (Phi) is 9.05. The molecule has 0 atom stereocenters. The van der Waals surface area contributed by atoms with E-state index in [1.807, 2.05) is 6.92 Å². The zero-order chi connectivity index (χ0) is 26.3. The maximum absolute atomic E-state index is 13.3. The van der Waals surface area contributed by atoms with Crippen molar-refractivity contribution in [2.24, 2.45) is 0 Å². The second-order valence-corrected chi connectivity index (χ2v) is 8.75. The van der Waals surface area contributed by atoms with Crippen LogP contribution in [0.25, 0.3) is 6.08 Å². The number of likely N-dealkylation sites (tertiary alicyclic amines) is 1. The maximum Gasteiger partial charge on any atom is 0.416 e. The highest BCUT2D eigenvalue weighted by Gasteiger charge is 2.31. The van der Waals surface area contributed by atoms with Crippen molar-refractivity contribution in [2.75, 3.05) is 26.7 Å². The summed E-state index contributed by atoms with van der Waals surface area (Å²) in [7, 11) is 1.70. The van der Waals surface area contributed by atoms with Crippen LogP contribution in [0.15, 0.2) is 24.3 Å². The van der Waals surface area contributed by atoms with Crippen LogP contribution in [-0.2, 0) is 22.3 Å². The Morgan fingerprint density at radius 1 is 1.25 bits per heavy atom. The van der Waals surface area contributed by atoms with Crippen molar-refractivity contribution >= 4 is 18.1 Å². The van der Waals surface area contributed by atoms with Crippen LogP contribution in [0.3, 0.4) is 0 Å². The smallest absolute Gasteiger partial charge is 0.416 e. The molecule has 1 aromatic carbocycles. The Bertz CT molecular complexity index is 1080. The molecule has 0 N–H and O–H groups in total. The van der Waals surface area contributed by atoms with E-state index in [9.17, 15) is 22.8 Å². The lowest BCUT2D eigenvalue weighted by molar-refractivity contribution is -0.137. The summed E-state index contributed by atoms with van der Waals surface area (Å²) >= 11 is 0. The molecular weight excluding hydrogens is 477 g/mol. The van der Waals surface area contributed by atoms with E-state index in [0.717, 1.165) is 25.0 Å². The van der Waals surface area contributed by atoms with Gasteiger partial charge in [-0.15, -0.1) is 10.2 Å². The number of carbonyl (C=O) groups excluding carboxylic acids is 2. The van der Waals surface area contributed by atoms with Crippen LogP contribution >= 0.6 is 0 Å². The number of halogens is 3. The number of ether oxygens (including phenoxy) is 1. The molecule has 1 saturated heterocycles. The van der Waals surface area contributed by atoms with Gasteiger partial charge in [0.25, 0.3) is 0 Å². The van der Waals surface area contributed by atoms with E-state index in [1.54, 1.807) is 23.8 Å². The van der Waals surface area contributed by atoms with Crippen molar-refractivity contribution in [1.29, 1.82) is 0 Å². The van der Waals surface area contributed by atoms with E-state index in [-0.39, 0.29) is 24.6 Å². The Hall–Kier alpha value is -3.44. The number of piperidine rings is 1. The van der Waals surface area contributed by atoms with Gasteiger partial charge < -0.3 is 14.5 Å². The summed E-state index contributed by atoms with van der Waals surface area (Å²) in [6.45, 7) is 4.94. The summed E-state index contributed by atoms with van der Waals surface area (Å²) in [5.41, 5.74) is -0.0267. The minimum atomic E-state index is -4.50. The number of unbranched alkanes of at least 4 members (excludes halogenated alkanes) is 1. The van der Waals surface area contributed by atoms with Crippen molar-refractivity contribution in [3.8, 4) is 0 Å². The third-order valence-corrected chi connectivity index (χ3v) is 6.08. The molecule has 2 amide bonds. The number of carbonyl (C=O) groups is 2. The Morgan fingerprint density at radius 3 is 2.58 bits per heavy atom. The van der Waals surface area contributed by atoms with Gasteiger partial charge in [-0.3, -0.25) is 4.79 Å². The standard InChI is InChI=1S/C24H31F3N6O3/c1-4-5-14-36-23(35)31(3)21-10-12-32(13-11-21)22(34)9-7-18-6-8-20(24(25,26)27)15-19(18)16-33-29-17(2)28-30-33/h6-9,15,21H,4-5,10-14,16H2,1-3H3. The first-order chi connectivity index (χ1) is 17.1. The zero-order valence-electron chi connectivity index (χ0n) is 20.7. The first-order valence-corrected chi connectivity index (χ1v) is 11.9. The minimum Gasteiger partial charge on any atom is -0.449 e. The molecule has 36 heavy (non-hydrogen) atoms. The molecule has 1 fully saturated rings. The van der Waals surface area contributed by atoms with Gasteiger partial charge in [0.1, 0.15) is 0 Å². The lowest BCUT2D eigenvalue weighted by Crippen LogP contribution is -2.47. The Labute approximate surface area is 207 Å². The van der Waals surface area contributed by atoms with E-state index in [0.29, 0.717) is 49.5 Å². The maximum atomic E-state index is 13.3. The summed E-state index contributed by atoms with van der Waals surface area (Å²) in [5, 5.41) is 11.6. The average Bonchev–Trinajstić information content (AvgIpc) is 3.26. The molecule has 12 heteroatoms. The highest BCUT2D eigenvalue weighted by Crippen LogP contribution is 2.31. The molecule has 0 radical (unpaired) electrons. The van der Waals surface area contributed by atoms with Crippen molar-refractivity contribution in [1.82, 2.24) is 30.0 Å². The molecule has 2 heterocycles. The molecule has 3 rings (SSSR count). The number of amides is 2. The normalized spacial score (nSPS) is 14.9. The number of rotatable bonds is 8. The third-order valence-electron chi connectivity index (χ3n) is 6.08. The Balaban J connectivity index is 1.64. The number of nitrogens with zero attached hydrogens (tertiary/aromatic N) is 6. The van der Waals surface area contributed by atoms with Crippen molar-refractivity contribution < 1.29 is 27.5 Å². The van der Waals surface area contributed by atoms with Crippen LogP contribution in [0, 0.1) is 6.92 Å². The van der Waals surface area contributed by atoms with Crippen LogP contribution in [0.1, 0.15) is 55.1 Å². The predicted octanol–water partition coefficient (Wildman–Crippen LogP) is 3.92. The molecule has 0 aliphatic carbocycles.